The molecule has 0 heterocycles. The summed E-state index contributed by atoms with van der Waals surface area (Å²) >= 11 is 0. The second-order valence-electron chi connectivity index (χ2n) is 6.42. The minimum Gasteiger partial charge on any atom is -0.390 e. The highest BCUT2D eigenvalue weighted by molar-refractivity contribution is 4.84. The molecule has 17 heavy (non-hydrogen) atoms. The number of hydrogen-bond donors (Lipinski definition) is 1. The molecule has 2 saturated carbocycles. The van der Waals surface area contributed by atoms with E-state index in [-0.39, 0.29) is 12.2 Å². The van der Waals surface area contributed by atoms with E-state index >= 15 is 0 Å². The first-order valence-electron chi connectivity index (χ1n) is 7.46. The predicted octanol–water partition coefficient (Wildman–Crippen LogP) is 3.38. The first kappa shape index (κ1) is 13.4. The van der Waals surface area contributed by atoms with Crippen LogP contribution in [0.2, 0.25) is 0 Å². The second kappa shape index (κ2) is 6.19. The van der Waals surface area contributed by atoms with Crippen LogP contribution in [-0.2, 0) is 4.74 Å². The molecule has 100 valence electrons. The van der Waals surface area contributed by atoms with Gasteiger partial charge < -0.3 is 9.84 Å². The van der Waals surface area contributed by atoms with Crippen molar-refractivity contribution in [3.05, 3.63) is 0 Å². The first-order chi connectivity index (χ1) is 8.16. The van der Waals surface area contributed by atoms with Crippen LogP contribution in [0.5, 0.6) is 0 Å². The van der Waals surface area contributed by atoms with Crippen LogP contribution in [-0.4, -0.2) is 23.9 Å². The summed E-state index contributed by atoms with van der Waals surface area (Å²) < 4.78 is 6.05. The van der Waals surface area contributed by atoms with Gasteiger partial charge in [-0.25, -0.2) is 0 Å². The van der Waals surface area contributed by atoms with Gasteiger partial charge in [-0.1, -0.05) is 33.1 Å². The molecule has 0 spiro atoms. The topological polar surface area (TPSA) is 29.5 Å². The van der Waals surface area contributed by atoms with E-state index in [9.17, 15) is 5.11 Å². The Morgan fingerprint density at radius 3 is 2.41 bits per heavy atom. The monoisotopic (exact) mass is 240 g/mol. The SMILES string of the molecule is CC1CC(C)C(OCC2CCCCC2)C(O)C1. The number of ether oxygens (including phenoxy) is 1. The van der Waals surface area contributed by atoms with Crippen molar-refractivity contribution in [1.29, 1.82) is 0 Å². The lowest BCUT2D eigenvalue weighted by molar-refractivity contribution is -0.106. The van der Waals surface area contributed by atoms with Crippen molar-refractivity contribution in [2.24, 2.45) is 17.8 Å². The number of aliphatic hydroxyl groups excluding tert-OH is 1. The molecule has 0 aromatic carbocycles. The molecule has 0 bridgehead atoms. The smallest absolute Gasteiger partial charge is 0.0859 e. The number of aliphatic hydroxyl groups is 1. The van der Waals surface area contributed by atoms with Crippen molar-refractivity contribution in [3.8, 4) is 0 Å². The van der Waals surface area contributed by atoms with Crippen LogP contribution < -0.4 is 0 Å². The van der Waals surface area contributed by atoms with Gasteiger partial charge in [0.1, 0.15) is 0 Å². The third kappa shape index (κ3) is 3.69. The van der Waals surface area contributed by atoms with Crippen LogP contribution in [0.1, 0.15) is 58.8 Å². The van der Waals surface area contributed by atoms with E-state index in [0.29, 0.717) is 11.8 Å². The van der Waals surface area contributed by atoms with Gasteiger partial charge >= 0.3 is 0 Å². The Hall–Kier alpha value is -0.0800. The molecule has 0 radical (unpaired) electrons. The molecule has 0 aromatic rings. The maximum absolute atomic E-state index is 10.1. The van der Waals surface area contributed by atoms with E-state index in [0.717, 1.165) is 18.9 Å². The molecule has 0 aromatic heterocycles. The fourth-order valence-electron chi connectivity index (χ4n) is 3.67. The lowest BCUT2D eigenvalue weighted by Gasteiger charge is -2.37. The predicted molar refractivity (Wildman–Crippen MR) is 69.9 cm³/mol. The maximum atomic E-state index is 10.1. The van der Waals surface area contributed by atoms with Crippen molar-refractivity contribution < 1.29 is 9.84 Å². The van der Waals surface area contributed by atoms with E-state index in [1.807, 2.05) is 0 Å². The summed E-state index contributed by atoms with van der Waals surface area (Å²) in [7, 11) is 0. The summed E-state index contributed by atoms with van der Waals surface area (Å²) in [4.78, 5) is 0. The molecular weight excluding hydrogens is 212 g/mol. The van der Waals surface area contributed by atoms with Gasteiger partial charge in [0.05, 0.1) is 12.2 Å². The Morgan fingerprint density at radius 1 is 1.06 bits per heavy atom. The molecule has 0 aliphatic heterocycles. The zero-order chi connectivity index (χ0) is 12.3. The van der Waals surface area contributed by atoms with Crippen LogP contribution in [0.4, 0.5) is 0 Å². The van der Waals surface area contributed by atoms with E-state index in [4.69, 9.17) is 4.74 Å². The van der Waals surface area contributed by atoms with Crippen molar-refractivity contribution >= 4 is 0 Å². The van der Waals surface area contributed by atoms with Crippen molar-refractivity contribution in [2.75, 3.05) is 6.61 Å². The molecule has 0 saturated heterocycles. The molecule has 2 aliphatic rings. The fourth-order valence-corrected chi connectivity index (χ4v) is 3.67. The molecule has 1 N–H and O–H groups in total. The van der Waals surface area contributed by atoms with Gasteiger partial charge in [0.15, 0.2) is 0 Å². The maximum Gasteiger partial charge on any atom is 0.0859 e. The fraction of sp³-hybridized carbons (Fsp3) is 1.00. The van der Waals surface area contributed by atoms with Crippen LogP contribution in [0.15, 0.2) is 0 Å². The summed E-state index contributed by atoms with van der Waals surface area (Å²) in [6.07, 6.45) is 8.76. The molecule has 4 atom stereocenters. The van der Waals surface area contributed by atoms with Gasteiger partial charge in [0.25, 0.3) is 0 Å². The molecule has 2 rings (SSSR count). The minimum atomic E-state index is -0.239. The van der Waals surface area contributed by atoms with E-state index in [1.54, 1.807) is 0 Å². The highest BCUT2D eigenvalue weighted by atomic mass is 16.5. The third-order valence-electron chi connectivity index (χ3n) is 4.61. The molecule has 4 unspecified atom stereocenters. The Labute approximate surface area is 106 Å². The minimum absolute atomic E-state index is 0.0909. The zero-order valence-electron chi connectivity index (χ0n) is 11.4. The third-order valence-corrected chi connectivity index (χ3v) is 4.61. The highest BCUT2D eigenvalue weighted by Gasteiger charge is 2.33. The largest absolute Gasteiger partial charge is 0.390 e. The summed E-state index contributed by atoms with van der Waals surface area (Å²) in [5, 5.41) is 10.1. The quantitative estimate of drug-likeness (QED) is 0.819. The molecule has 0 amide bonds. The van der Waals surface area contributed by atoms with Gasteiger partial charge in [-0.2, -0.15) is 0 Å². The van der Waals surface area contributed by atoms with E-state index in [1.165, 1.54) is 38.5 Å². The van der Waals surface area contributed by atoms with Crippen molar-refractivity contribution in [1.82, 2.24) is 0 Å². The van der Waals surface area contributed by atoms with Crippen molar-refractivity contribution in [2.45, 2.75) is 71.0 Å². The normalized spacial score (nSPS) is 40.4. The molecule has 2 nitrogen and oxygen atoms in total. The molecular formula is C15H28O2. The summed E-state index contributed by atoms with van der Waals surface area (Å²) in [5.74, 6) is 1.91. The van der Waals surface area contributed by atoms with Crippen LogP contribution in [0.25, 0.3) is 0 Å². The summed E-state index contributed by atoms with van der Waals surface area (Å²) in [5.41, 5.74) is 0. The molecule has 2 heteroatoms. The summed E-state index contributed by atoms with van der Waals surface area (Å²) in [6.45, 7) is 5.34. The average Bonchev–Trinajstić information content (AvgIpc) is 2.29. The van der Waals surface area contributed by atoms with E-state index in [2.05, 4.69) is 13.8 Å². The molecule has 2 fully saturated rings. The number of rotatable bonds is 3. The van der Waals surface area contributed by atoms with Crippen LogP contribution in [0, 0.1) is 17.8 Å². The van der Waals surface area contributed by atoms with Gasteiger partial charge in [0, 0.05) is 6.61 Å². The average molecular weight is 240 g/mol. The zero-order valence-corrected chi connectivity index (χ0v) is 11.4. The Kier molecular flexibility index (Phi) is 4.87. The Bertz CT molecular complexity index is 211. The number of hydrogen-bond acceptors (Lipinski definition) is 2. The Balaban J connectivity index is 1.76. The second-order valence-corrected chi connectivity index (χ2v) is 6.42. The standard InChI is InChI=1S/C15H28O2/c1-11-8-12(2)15(14(16)9-11)17-10-13-6-4-3-5-7-13/h11-16H,3-10H2,1-2H3. The van der Waals surface area contributed by atoms with Crippen LogP contribution >= 0.6 is 0 Å². The van der Waals surface area contributed by atoms with Gasteiger partial charge in [-0.15, -0.1) is 0 Å². The van der Waals surface area contributed by atoms with E-state index < -0.39 is 0 Å². The first-order valence-corrected chi connectivity index (χ1v) is 7.46. The lowest BCUT2D eigenvalue weighted by Crippen LogP contribution is -2.42. The summed E-state index contributed by atoms with van der Waals surface area (Å²) in [6, 6.07) is 0. The lowest BCUT2D eigenvalue weighted by atomic mass is 9.79. The Morgan fingerprint density at radius 2 is 1.76 bits per heavy atom. The van der Waals surface area contributed by atoms with Crippen molar-refractivity contribution in [3.63, 3.8) is 0 Å². The van der Waals surface area contributed by atoms with Crippen LogP contribution in [0.3, 0.4) is 0 Å². The van der Waals surface area contributed by atoms with Gasteiger partial charge in [0.2, 0.25) is 0 Å². The van der Waals surface area contributed by atoms with Gasteiger partial charge in [-0.05, 0) is 43.4 Å². The molecule has 2 aliphatic carbocycles. The highest BCUT2D eigenvalue weighted by Crippen LogP contribution is 2.32. The van der Waals surface area contributed by atoms with Gasteiger partial charge in [-0.3, -0.25) is 0 Å².